The lowest BCUT2D eigenvalue weighted by Gasteiger charge is -2.10. The molecular formula is C16H18N2O2. The molecule has 0 saturated carbocycles. The number of benzene rings is 2. The van der Waals surface area contributed by atoms with Gasteiger partial charge in [-0.25, -0.2) is 0 Å². The summed E-state index contributed by atoms with van der Waals surface area (Å²) in [6.45, 7) is 3.85. The minimum atomic E-state index is -0.212. The number of ether oxygens (including phenoxy) is 1. The number of nitrogens with two attached hydrogens (primary N) is 1. The Labute approximate surface area is 118 Å². The molecule has 104 valence electrons. The number of nitrogens with one attached hydrogen (secondary N) is 1. The Bertz CT molecular complexity index is 624. The van der Waals surface area contributed by atoms with Gasteiger partial charge in [0.25, 0.3) is 5.91 Å². The molecular weight excluding hydrogens is 252 g/mol. The van der Waals surface area contributed by atoms with E-state index in [0.717, 1.165) is 16.8 Å². The van der Waals surface area contributed by atoms with Crippen LogP contribution in [0.1, 0.15) is 11.1 Å². The van der Waals surface area contributed by atoms with E-state index in [-0.39, 0.29) is 12.5 Å². The first-order chi connectivity index (χ1) is 9.54. The van der Waals surface area contributed by atoms with E-state index >= 15 is 0 Å². The van der Waals surface area contributed by atoms with Gasteiger partial charge in [-0.2, -0.15) is 0 Å². The number of hydrogen-bond donors (Lipinski definition) is 2. The number of nitrogen functional groups attached to an aromatic ring is 1. The summed E-state index contributed by atoms with van der Waals surface area (Å²) in [6.07, 6.45) is 0. The summed E-state index contributed by atoms with van der Waals surface area (Å²) in [6, 6.07) is 13.1. The van der Waals surface area contributed by atoms with Crippen molar-refractivity contribution in [2.75, 3.05) is 17.7 Å². The number of aryl methyl sites for hydroxylation is 2. The molecule has 0 bridgehead atoms. The van der Waals surface area contributed by atoms with Crippen molar-refractivity contribution in [3.8, 4) is 5.75 Å². The van der Waals surface area contributed by atoms with Crippen molar-refractivity contribution < 1.29 is 9.53 Å². The maximum Gasteiger partial charge on any atom is 0.262 e. The third-order valence-corrected chi connectivity index (χ3v) is 2.83. The number of amides is 1. The zero-order valence-electron chi connectivity index (χ0n) is 11.6. The third kappa shape index (κ3) is 3.75. The number of carbonyl (C=O) groups is 1. The molecule has 0 aliphatic carbocycles. The second-order valence-electron chi connectivity index (χ2n) is 4.75. The SMILES string of the molecule is Cc1cccc(NC(=O)COc2cc(C)ccc2N)c1. The zero-order chi connectivity index (χ0) is 14.5. The maximum atomic E-state index is 11.8. The van der Waals surface area contributed by atoms with E-state index in [0.29, 0.717) is 11.4 Å². The van der Waals surface area contributed by atoms with Crippen LogP contribution in [0.15, 0.2) is 42.5 Å². The summed E-state index contributed by atoms with van der Waals surface area (Å²) in [5.74, 6) is 0.320. The molecule has 0 radical (unpaired) electrons. The van der Waals surface area contributed by atoms with Gasteiger partial charge in [-0.1, -0.05) is 18.2 Å². The predicted molar refractivity (Wildman–Crippen MR) is 80.9 cm³/mol. The molecule has 20 heavy (non-hydrogen) atoms. The Kier molecular flexibility index (Phi) is 4.25. The van der Waals surface area contributed by atoms with Gasteiger partial charge in [0.05, 0.1) is 5.69 Å². The minimum absolute atomic E-state index is 0.0679. The highest BCUT2D eigenvalue weighted by molar-refractivity contribution is 5.92. The fraction of sp³-hybridized carbons (Fsp3) is 0.188. The van der Waals surface area contributed by atoms with Crippen LogP contribution in [0.2, 0.25) is 0 Å². The van der Waals surface area contributed by atoms with Crippen LogP contribution >= 0.6 is 0 Å². The Balaban J connectivity index is 1.94. The van der Waals surface area contributed by atoms with Crippen LogP contribution in [-0.4, -0.2) is 12.5 Å². The zero-order valence-corrected chi connectivity index (χ0v) is 11.6. The first-order valence-electron chi connectivity index (χ1n) is 6.40. The second kappa shape index (κ2) is 6.10. The van der Waals surface area contributed by atoms with E-state index in [4.69, 9.17) is 10.5 Å². The largest absolute Gasteiger partial charge is 0.482 e. The third-order valence-electron chi connectivity index (χ3n) is 2.83. The van der Waals surface area contributed by atoms with Gasteiger partial charge in [-0.15, -0.1) is 0 Å². The molecule has 0 aliphatic rings. The second-order valence-corrected chi connectivity index (χ2v) is 4.75. The van der Waals surface area contributed by atoms with Crippen molar-refractivity contribution >= 4 is 17.3 Å². The summed E-state index contributed by atoms with van der Waals surface area (Å²) >= 11 is 0. The average Bonchev–Trinajstić information content (AvgIpc) is 2.40. The van der Waals surface area contributed by atoms with E-state index < -0.39 is 0 Å². The quantitative estimate of drug-likeness (QED) is 0.840. The van der Waals surface area contributed by atoms with Gasteiger partial charge in [0.2, 0.25) is 0 Å². The summed E-state index contributed by atoms with van der Waals surface area (Å²) in [5, 5.41) is 2.78. The van der Waals surface area contributed by atoms with Gasteiger partial charge in [-0.05, 0) is 49.2 Å². The van der Waals surface area contributed by atoms with E-state index in [1.165, 1.54) is 0 Å². The fourth-order valence-electron chi connectivity index (χ4n) is 1.83. The molecule has 0 unspecified atom stereocenters. The van der Waals surface area contributed by atoms with Crippen molar-refractivity contribution in [1.29, 1.82) is 0 Å². The molecule has 4 nitrogen and oxygen atoms in total. The monoisotopic (exact) mass is 270 g/mol. The molecule has 2 aromatic carbocycles. The molecule has 0 saturated heterocycles. The van der Waals surface area contributed by atoms with Crippen molar-refractivity contribution in [3.05, 3.63) is 53.6 Å². The molecule has 2 aromatic rings. The van der Waals surface area contributed by atoms with Crippen molar-refractivity contribution in [2.45, 2.75) is 13.8 Å². The lowest BCUT2D eigenvalue weighted by atomic mass is 10.2. The van der Waals surface area contributed by atoms with Crippen LogP contribution in [0.4, 0.5) is 11.4 Å². The van der Waals surface area contributed by atoms with E-state index in [2.05, 4.69) is 5.32 Å². The van der Waals surface area contributed by atoms with Gasteiger partial charge in [-0.3, -0.25) is 4.79 Å². The number of anilines is 2. The average molecular weight is 270 g/mol. The summed E-state index contributed by atoms with van der Waals surface area (Å²) in [4.78, 5) is 11.8. The van der Waals surface area contributed by atoms with Gasteiger partial charge < -0.3 is 15.8 Å². The number of rotatable bonds is 4. The minimum Gasteiger partial charge on any atom is -0.482 e. The van der Waals surface area contributed by atoms with Crippen LogP contribution in [0.3, 0.4) is 0 Å². The van der Waals surface area contributed by atoms with E-state index in [1.807, 2.05) is 50.2 Å². The van der Waals surface area contributed by atoms with Crippen LogP contribution in [-0.2, 0) is 4.79 Å². The standard InChI is InChI=1S/C16H18N2O2/c1-11-4-3-5-13(8-11)18-16(19)10-20-15-9-12(2)6-7-14(15)17/h3-9H,10,17H2,1-2H3,(H,18,19). The van der Waals surface area contributed by atoms with Crippen molar-refractivity contribution in [1.82, 2.24) is 0 Å². The first kappa shape index (κ1) is 13.9. The summed E-state index contributed by atoms with van der Waals surface area (Å²) in [7, 11) is 0. The molecule has 0 spiro atoms. The van der Waals surface area contributed by atoms with E-state index in [1.54, 1.807) is 6.07 Å². The molecule has 0 aliphatic heterocycles. The van der Waals surface area contributed by atoms with Gasteiger partial charge in [0.1, 0.15) is 5.75 Å². The first-order valence-corrected chi connectivity index (χ1v) is 6.40. The van der Waals surface area contributed by atoms with Crippen LogP contribution in [0.25, 0.3) is 0 Å². The maximum absolute atomic E-state index is 11.8. The predicted octanol–water partition coefficient (Wildman–Crippen LogP) is 2.90. The Morgan fingerprint density at radius 3 is 2.65 bits per heavy atom. The Morgan fingerprint density at radius 2 is 1.90 bits per heavy atom. The molecule has 1 amide bonds. The highest BCUT2D eigenvalue weighted by atomic mass is 16.5. The molecule has 2 rings (SSSR count). The molecule has 0 aromatic heterocycles. The normalized spacial score (nSPS) is 10.1. The van der Waals surface area contributed by atoms with E-state index in [9.17, 15) is 4.79 Å². The Hall–Kier alpha value is -2.49. The van der Waals surface area contributed by atoms with Crippen LogP contribution < -0.4 is 15.8 Å². The van der Waals surface area contributed by atoms with Gasteiger partial charge >= 0.3 is 0 Å². The Morgan fingerprint density at radius 1 is 1.15 bits per heavy atom. The highest BCUT2D eigenvalue weighted by Gasteiger charge is 2.06. The summed E-state index contributed by atoms with van der Waals surface area (Å²) in [5.41, 5.74) is 9.20. The molecule has 0 heterocycles. The topological polar surface area (TPSA) is 64.3 Å². The molecule has 4 heteroatoms. The molecule has 0 atom stereocenters. The van der Waals surface area contributed by atoms with Gasteiger partial charge in [0.15, 0.2) is 6.61 Å². The number of carbonyl (C=O) groups excluding carboxylic acids is 1. The van der Waals surface area contributed by atoms with Gasteiger partial charge in [0, 0.05) is 5.69 Å². The molecule has 3 N–H and O–H groups in total. The van der Waals surface area contributed by atoms with Crippen molar-refractivity contribution in [2.24, 2.45) is 0 Å². The number of hydrogen-bond acceptors (Lipinski definition) is 3. The van der Waals surface area contributed by atoms with Crippen molar-refractivity contribution in [3.63, 3.8) is 0 Å². The van der Waals surface area contributed by atoms with Crippen LogP contribution in [0.5, 0.6) is 5.75 Å². The lowest BCUT2D eigenvalue weighted by molar-refractivity contribution is -0.118. The fourth-order valence-corrected chi connectivity index (χ4v) is 1.83. The lowest BCUT2D eigenvalue weighted by Crippen LogP contribution is -2.20. The highest BCUT2D eigenvalue weighted by Crippen LogP contribution is 2.22. The van der Waals surface area contributed by atoms with Crippen LogP contribution in [0, 0.1) is 13.8 Å². The smallest absolute Gasteiger partial charge is 0.262 e. The summed E-state index contributed by atoms with van der Waals surface area (Å²) < 4.78 is 5.44. The molecule has 0 fully saturated rings.